The Hall–Kier alpha value is -3.07. The van der Waals surface area contributed by atoms with Crippen LogP contribution in [0.2, 0.25) is 0 Å². The van der Waals surface area contributed by atoms with Gasteiger partial charge in [-0.05, 0) is 30.5 Å². The van der Waals surface area contributed by atoms with Crippen LogP contribution < -0.4 is 11.3 Å². The zero-order valence-corrected chi connectivity index (χ0v) is 16.8. The summed E-state index contributed by atoms with van der Waals surface area (Å²) >= 11 is 1.05. The number of nitrogens with zero attached hydrogens (tertiary/aromatic N) is 2. The van der Waals surface area contributed by atoms with Gasteiger partial charge in [-0.25, -0.2) is 9.37 Å². The minimum Gasteiger partial charge on any atom is -0.469 e. The molecule has 0 fully saturated rings. The fourth-order valence-corrected chi connectivity index (χ4v) is 4.20. The SMILES string of the molecule is COC(=O)CCCn1c(Cc2ccccc2F)nc2sc(C(N)=O)c(C)c2c1=O. The molecule has 2 heterocycles. The molecule has 0 atom stereocenters. The number of primary amides is 1. The Kier molecular flexibility index (Phi) is 6.07. The molecule has 7 nitrogen and oxygen atoms in total. The molecule has 3 rings (SSSR count). The van der Waals surface area contributed by atoms with Crippen molar-refractivity contribution in [1.29, 1.82) is 0 Å². The van der Waals surface area contributed by atoms with Gasteiger partial charge in [-0.2, -0.15) is 0 Å². The fourth-order valence-electron chi connectivity index (χ4n) is 3.15. The number of ether oxygens (including phenoxy) is 1. The number of carbonyl (C=O) groups excluding carboxylic acids is 2. The number of halogens is 1. The number of amides is 1. The molecule has 9 heteroatoms. The molecule has 1 amide bonds. The van der Waals surface area contributed by atoms with Crippen LogP contribution in [0.15, 0.2) is 29.1 Å². The third kappa shape index (κ3) is 4.19. The van der Waals surface area contributed by atoms with Crippen molar-refractivity contribution >= 4 is 33.4 Å². The Labute approximate surface area is 169 Å². The largest absolute Gasteiger partial charge is 0.469 e. The molecule has 3 aromatic rings. The van der Waals surface area contributed by atoms with Gasteiger partial charge in [0.25, 0.3) is 11.5 Å². The second-order valence-electron chi connectivity index (χ2n) is 6.53. The van der Waals surface area contributed by atoms with E-state index >= 15 is 0 Å². The number of aromatic nitrogens is 2. The van der Waals surface area contributed by atoms with Crippen molar-refractivity contribution in [3.8, 4) is 0 Å². The molecule has 0 saturated carbocycles. The number of hydrogen-bond acceptors (Lipinski definition) is 6. The Bertz CT molecular complexity index is 1150. The lowest BCUT2D eigenvalue weighted by Crippen LogP contribution is -2.26. The van der Waals surface area contributed by atoms with Crippen molar-refractivity contribution in [2.24, 2.45) is 5.73 Å². The van der Waals surface area contributed by atoms with Crippen LogP contribution in [0.1, 0.15) is 39.5 Å². The maximum atomic E-state index is 14.2. The average Bonchev–Trinajstić information content (AvgIpc) is 3.02. The molecule has 1 aromatic carbocycles. The van der Waals surface area contributed by atoms with Gasteiger partial charge in [0.15, 0.2) is 0 Å². The Balaban J connectivity index is 2.11. The van der Waals surface area contributed by atoms with Gasteiger partial charge in [-0.15, -0.1) is 11.3 Å². The summed E-state index contributed by atoms with van der Waals surface area (Å²) in [5, 5.41) is 0.319. The normalized spacial score (nSPS) is 11.0. The zero-order valence-electron chi connectivity index (χ0n) is 16.0. The number of nitrogens with two attached hydrogens (primary N) is 1. The second kappa shape index (κ2) is 8.52. The monoisotopic (exact) mass is 417 g/mol. The Morgan fingerprint density at radius 1 is 1.31 bits per heavy atom. The van der Waals surface area contributed by atoms with Gasteiger partial charge in [-0.1, -0.05) is 18.2 Å². The summed E-state index contributed by atoms with van der Waals surface area (Å²) in [6.45, 7) is 1.86. The highest BCUT2D eigenvalue weighted by Gasteiger charge is 2.21. The highest BCUT2D eigenvalue weighted by atomic mass is 32.1. The van der Waals surface area contributed by atoms with Gasteiger partial charge in [0, 0.05) is 19.4 Å². The topological polar surface area (TPSA) is 104 Å². The lowest BCUT2D eigenvalue weighted by atomic mass is 10.1. The summed E-state index contributed by atoms with van der Waals surface area (Å²) in [6.07, 6.45) is 0.587. The van der Waals surface area contributed by atoms with Crippen LogP contribution in [-0.2, 0) is 22.5 Å². The number of aryl methyl sites for hydroxylation is 1. The molecular formula is C20H20FN3O4S. The molecule has 0 spiro atoms. The van der Waals surface area contributed by atoms with Gasteiger partial charge in [0.2, 0.25) is 0 Å². The standard InChI is InChI=1S/C20H20FN3O4S/c1-11-16-19(29-17(11)18(22)26)23-14(10-12-6-3-4-7-13(12)21)24(20(16)27)9-5-8-15(25)28-2/h3-4,6-7H,5,8-10H2,1-2H3,(H2,22,26). The van der Waals surface area contributed by atoms with Gasteiger partial charge in [0.1, 0.15) is 16.5 Å². The lowest BCUT2D eigenvalue weighted by Gasteiger charge is -2.13. The predicted octanol–water partition coefficient (Wildman–Crippen LogP) is 2.55. The summed E-state index contributed by atoms with van der Waals surface area (Å²) in [5.74, 6) is -1.05. The van der Waals surface area contributed by atoms with E-state index in [2.05, 4.69) is 9.72 Å². The zero-order chi connectivity index (χ0) is 21.1. The van der Waals surface area contributed by atoms with E-state index in [-0.39, 0.29) is 35.8 Å². The molecule has 29 heavy (non-hydrogen) atoms. The van der Waals surface area contributed by atoms with E-state index in [1.807, 2.05) is 0 Å². The quantitative estimate of drug-likeness (QED) is 0.595. The van der Waals surface area contributed by atoms with E-state index in [4.69, 9.17) is 5.73 Å². The molecule has 0 aliphatic heterocycles. The molecular weight excluding hydrogens is 397 g/mol. The van der Waals surface area contributed by atoms with Gasteiger partial charge < -0.3 is 10.5 Å². The first-order chi connectivity index (χ1) is 13.8. The smallest absolute Gasteiger partial charge is 0.305 e. The fraction of sp³-hybridized carbons (Fsp3) is 0.300. The minimum atomic E-state index is -0.627. The van der Waals surface area contributed by atoms with Gasteiger partial charge in [-0.3, -0.25) is 19.0 Å². The van der Waals surface area contributed by atoms with Crippen LogP contribution in [0, 0.1) is 12.7 Å². The van der Waals surface area contributed by atoms with Crippen LogP contribution in [0.4, 0.5) is 4.39 Å². The molecule has 2 N–H and O–H groups in total. The first-order valence-corrected chi connectivity index (χ1v) is 9.78. The van der Waals surface area contributed by atoms with E-state index in [9.17, 15) is 18.8 Å². The Morgan fingerprint density at radius 2 is 2.03 bits per heavy atom. The lowest BCUT2D eigenvalue weighted by molar-refractivity contribution is -0.140. The van der Waals surface area contributed by atoms with Crippen LogP contribution in [0.3, 0.4) is 0 Å². The highest BCUT2D eigenvalue weighted by Crippen LogP contribution is 2.27. The first-order valence-electron chi connectivity index (χ1n) is 8.96. The summed E-state index contributed by atoms with van der Waals surface area (Å²) in [5.41, 5.74) is 5.94. The number of methoxy groups -OCH3 is 1. The summed E-state index contributed by atoms with van der Waals surface area (Å²) in [6, 6.07) is 6.25. The van der Waals surface area contributed by atoms with E-state index in [0.717, 1.165) is 11.3 Å². The second-order valence-corrected chi connectivity index (χ2v) is 7.53. The Morgan fingerprint density at radius 3 is 2.69 bits per heavy atom. The molecule has 0 bridgehead atoms. The number of benzene rings is 1. The number of thiophene rings is 1. The third-order valence-electron chi connectivity index (χ3n) is 4.65. The van der Waals surface area contributed by atoms with Crippen LogP contribution in [0.25, 0.3) is 10.2 Å². The van der Waals surface area contributed by atoms with Crippen molar-refractivity contribution in [3.63, 3.8) is 0 Å². The van der Waals surface area contributed by atoms with Crippen molar-refractivity contribution < 1.29 is 18.7 Å². The third-order valence-corrected chi connectivity index (χ3v) is 5.85. The average molecular weight is 417 g/mol. The van der Waals surface area contributed by atoms with Crippen molar-refractivity contribution in [2.75, 3.05) is 7.11 Å². The van der Waals surface area contributed by atoms with Crippen LogP contribution >= 0.6 is 11.3 Å². The number of carbonyl (C=O) groups is 2. The summed E-state index contributed by atoms with van der Waals surface area (Å²) in [4.78, 5) is 41.5. The van der Waals surface area contributed by atoms with Crippen molar-refractivity contribution in [2.45, 2.75) is 32.7 Å². The molecule has 152 valence electrons. The van der Waals surface area contributed by atoms with Gasteiger partial charge in [0.05, 0.1) is 17.4 Å². The number of rotatable bonds is 7. The molecule has 0 saturated heterocycles. The maximum absolute atomic E-state index is 14.2. The summed E-state index contributed by atoms with van der Waals surface area (Å²) < 4.78 is 20.2. The van der Waals surface area contributed by atoms with E-state index in [1.165, 1.54) is 17.7 Å². The molecule has 0 aliphatic rings. The van der Waals surface area contributed by atoms with Crippen LogP contribution in [-0.4, -0.2) is 28.5 Å². The van der Waals surface area contributed by atoms with E-state index in [0.29, 0.717) is 33.6 Å². The molecule has 2 aromatic heterocycles. The number of fused-ring (bicyclic) bond motifs is 1. The number of hydrogen-bond donors (Lipinski definition) is 1. The minimum absolute atomic E-state index is 0.0962. The highest BCUT2D eigenvalue weighted by molar-refractivity contribution is 7.20. The maximum Gasteiger partial charge on any atom is 0.305 e. The number of esters is 1. The molecule has 0 unspecified atom stereocenters. The van der Waals surface area contributed by atoms with E-state index < -0.39 is 11.7 Å². The van der Waals surface area contributed by atoms with Crippen molar-refractivity contribution in [1.82, 2.24) is 9.55 Å². The van der Waals surface area contributed by atoms with Crippen molar-refractivity contribution in [3.05, 3.63) is 62.3 Å². The predicted molar refractivity (Wildman–Crippen MR) is 108 cm³/mol. The van der Waals surface area contributed by atoms with Gasteiger partial charge >= 0.3 is 5.97 Å². The summed E-state index contributed by atoms with van der Waals surface area (Å²) in [7, 11) is 1.30. The van der Waals surface area contributed by atoms with E-state index in [1.54, 1.807) is 25.1 Å². The molecule has 0 aliphatic carbocycles. The molecule has 0 radical (unpaired) electrons. The first kappa shape index (κ1) is 20.7. The van der Waals surface area contributed by atoms with Crippen LogP contribution in [0.5, 0.6) is 0 Å².